The summed E-state index contributed by atoms with van der Waals surface area (Å²) < 4.78 is 53.6. The molecule has 3 aromatic rings. The van der Waals surface area contributed by atoms with Gasteiger partial charge in [-0.2, -0.15) is 0 Å². The van der Waals surface area contributed by atoms with Crippen LogP contribution in [0.15, 0.2) is 65.6 Å². The fraction of sp³-hybridized carbons (Fsp3) is 0.355. The number of likely N-dealkylation sites (N-methyl/N-ethyl adjacent to an activating group) is 1. The molecule has 1 N–H and O–H groups in total. The van der Waals surface area contributed by atoms with Gasteiger partial charge in [-0.3, -0.25) is 13.9 Å². The topological polar surface area (TPSA) is 105 Å². The number of sulfonamides is 1. The van der Waals surface area contributed by atoms with E-state index in [4.69, 9.17) is 9.47 Å². The zero-order chi connectivity index (χ0) is 31.0. The SMILES string of the molecule is CCNC(=O)C(CC)N(Cc1ccc(F)cc1)C(=O)CN(c1cc(C)cc(C)c1)S(=O)(=O)c1ccc(OC)c(OC)c1. The number of nitrogens with zero attached hydrogens (tertiary/aromatic N) is 2. The summed E-state index contributed by atoms with van der Waals surface area (Å²) in [5.74, 6) is -0.833. The summed E-state index contributed by atoms with van der Waals surface area (Å²) in [5.41, 5.74) is 2.50. The molecule has 0 saturated heterocycles. The van der Waals surface area contributed by atoms with E-state index in [1.54, 1.807) is 26.0 Å². The number of ether oxygens (including phenoxy) is 2. The second-order valence-electron chi connectivity index (χ2n) is 9.84. The average Bonchev–Trinajstić information content (AvgIpc) is 2.95. The molecule has 1 unspecified atom stereocenters. The van der Waals surface area contributed by atoms with Gasteiger partial charge in [0.1, 0.15) is 18.4 Å². The van der Waals surface area contributed by atoms with Crippen molar-refractivity contribution in [1.29, 1.82) is 0 Å². The molecular weight excluding hydrogens is 561 g/mol. The number of amides is 2. The van der Waals surface area contributed by atoms with Gasteiger partial charge in [-0.1, -0.05) is 25.1 Å². The molecule has 11 heteroatoms. The number of benzene rings is 3. The molecule has 226 valence electrons. The Hall–Kier alpha value is -4.12. The largest absolute Gasteiger partial charge is 0.493 e. The minimum Gasteiger partial charge on any atom is -0.493 e. The van der Waals surface area contributed by atoms with Crippen LogP contribution in [-0.2, 0) is 26.2 Å². The quantitative estimate of drug-likeness (QED) is 0.308. The van der Waals surface area contributed by atoms with E-state index in [0.717, 1.165) is 15.4 Å². The van der Waals surface area contributed by atoms with Crippen LogP contribution in [0.25, 0.3) is 0 Å². The molecule has 0 aliphatic heterocycles. The van der Waals surface area contributed by atoms with E-state index in [-0.39, 0.29) is 29.5 Å². The normalized spacial score (nSPS) is 11.9. The Kier molecular flexibility index (Phi) is 10.9. The van der Waals surface area contributed by atoms with E-state index in [2.05, 4.69) is 5.32 Å². The summed E-state index contributed by atoms with van der Waals surface area (Å²) in [6.45, 7) is 6.96. The molecule has 2 amide bonds. The third kappa shape index (κ3) is 7.58. The molecule has 0 spiro atoms. The number of hydrogen-bond acceptors (Lipinski definition) is 6. The number of hydrogen-bond donors (Lipinski definition) is 1. The predicted molar refractivity (Wildman–Crippen MR) is 160 cm³/mol. The second-order valence-corrected chi connectivity index (χ2v) is 11.7. The van der Waals surface area contributed by atoms with Gasteiger partial charge in [0.15, 0.2) is 11.5 Å². The van der Waals surface area contributed by atoms with Crippen molar-refractivity contribution in [1.82, 2.24) is 10.2 Å². The summed E-state index contributed by atoms with van der Waals surface area (Å²) in [5, 5.41) is 2.76. The maximum atomic E-state index is 14.2. The number of methoxy groups -OCH3 is 2. The van der Waals surface area contributed by atoms with Crippen LogP contribution >= 0.6 is 0 Å². The fourth-order valence-electron chi connectivity index (χ4n) is 4.73. The zero-order valence-corrected chi connectivity index (χ0v) is 25.6. The third-order valence-electron chi connectivity index (χ3n) is 6.72. The Morgan fingerprint density at radius 1 is 0.905 bits per heavy atom. The number of halogens is 1. The van der Waals surface area contributed by atoms with E-state index in [1.165, 1.54) is 61.6 Å². The van der Waals surface area contributed by atoms with Crippen molar-refractivity contribution in [2.24, 2.45) is 0 Å². The van der Waals surface area contributed by atoms with Crippen molar-refractivity contribution in [2.75, 3.05) is 31.6 Å². The minimum atomic E-state index is -4.32. The predicted octanol–water partition coefficient (Wildman–Crippen LogP) is 4.60. The van der Waals surface area contributed by atoms with Gasteiger partial charge >= 0.3 is 0 Å². The first-order valence-corrected chi connectivity index (χ1v) is 15.0. The molecule has 42 heavy (non-hydrogen) atoms. The molecular formula is C31H38FN3O6S. The van der Waals surface area contributed by atoms with Crippen molar-refractivity contribution in [3.63, 3.8) is 0 Å². The highest BCUT2D eigenvalue weighted by molar-refractivity contribution is 7.92. The summed E-state index contributed by atoms with van der Waals surface area (Å²) in [4.78, 5) is 28.4. The van der Waals surface area contributed by atoms with E-state index >= 15 is 0 Å². The molecule has 0 bridgehead atoms. The van der Waals surface area contributed by atoms with Crippen molar-refractivity contribution >= 4 is 27.5 Å². The van der Waals surface area contributed by atoms with Crippen molar-refractivity contribution in [2.45, 2.75) is 51.6 Å². The van der Waals surface area contributed by atoms with Crippen LogP contribution < -0.4 is 19.1 Å². The number of carbonyl (C=O) groups is 2. The molecule has 1 atom stereocenters. The Morgan fingerprint density at radius 3 is 2.07 bits per heavy atom. The smallest absolute Gasteiger partial charge is 0.264 e. The molecule has 9 nitrogen and oxygen atoms in total. The van der Waals surface area contributed by atoms with Crippen LogP contribution in [0.5, 0.6) is 11.5 Å². The van der Waals surface area contributed by atoms with Gasteiger partial charge in [-0.25, -0.2) is 12.8 Å². The summed E-state index contributed by atoms with van der Waals surface area (Å²) >= 11 is 0. The molecule has 0 radical (unpaired) electrons. The highest BCUT2D eigenvalue weighted by atomic mass is 32.2. The number of aryl methyl sites for hydroxylation is 2. The number of carbonyl (C=O) groups excluding carboxylic acids is 2. The van der Waals surface area contributed by atoms with Gasteiger partial charge in [0, 0.05) is 19.2 Å². The molecule has 0 aliphatic rings. The lowest BCUT2D eigenvalue weighted by Gasteiger charge is -2.33. The number of nitrogens with one attached hydrogen (secondary N) is 1. The molecule has 0 aromatic heterocycles. The van der Waals surface area contributed by atoms with Crippen LogP contribution in [0.3, 0.4) is 0 Å². The van der Waals surface area contributed by atoms with Crippen LogP contribution in [0.4, 0.5) is 10.1 Å². The highest BCUT2D eigenvalue weighted by Gasteiger charge is 2.34. The van der Waals surface area contributed by atoms with E-state index in [0.29, 0.717) is 23.5 Å². The maximum absolute atomic E-state index is 14.2. The zero-order valence-electron chi connectivity index (χ0n) is 24.8. The van der Waals surface area contributed by atoms with Crippen molar-refractivity contribution < 1.29 is 31.9 Å². The first-order valence-electron chi connectivity index (χ1n) is 13.6. The lowest BCUT2D eigenvalue weighted by molar-refractivity contribution is -0.140. The van der Waals surface area contributed by atoms with E-state index < -0.39 is 34.3 Å². The van der Waals surface area contributed by atoms with Crippen LogP contribution in [0.1, 0.15) is 37.0 Å². The lowest BCUT2D eigenvalue weighted by atomic mass is 10.1. The molecule has 0 fully saturated rings. The monoisotopic (exact) mass is 599 g/mol. The molecule has 3 rings (SSSR count). The molecule has 3 aromatic carbocycles. The first kappa shape index (κ1) is 32.4. The summed E-state index contributed by atoms with van der Waals surface area (Å²) in [6, 6.07) is 14.2. The first-order chi connectivity index (χ1) is 19.9. The van der Waals surface area contributed by atoms with Gasteiger partial charge in [0.05, 0.1) is 24.8 Å². The van der Waals surface area contributed by atoms with Crippen LogP contribution in [0.2, 0.25) is 0 Å². The van der Waals surface area contributed by atoms with E-state index in [1.807, 2.05) is 19.9 Å². The minimum absolute atomic E-state index is 0.0220. The maximum Gasteiger partial charge on any atom is 0.264 e. The van der Waals surface area contributed by atoms with Gasteiger partial charge < -0.3 is 19.7 Å². The highest BCUT2D eigenvalue weighted by Crippen LogP contribution is 2.33. The summed E-state index contributed by atoms with van der Waals surface area (Å²) in [6.07, 6.45) is 0.282. The average molecular weight is 600 g/mol. The third-order valence-corrected chi connectivity index (χ3v) is 8.49. The summed E-state index contributed by atoms with van der Waals surface area (Å²) in [7, 11) is -1.47. The van der Waals surface area contributed by atoms with Gasteiger partial charge in [-0.05, 0) is 80.3 Å². The van der Waals surface area contributed by atoms with Gasteiger partial charge in [-0.15, -0.1) is 0 Å². The molecule has 0 aliphatic carbocycles. The van der Waals surface area contributed by atoms with Crippen LogP contribution in [0, 0.1) is 19.7 Å². The second kappa shape index (κ2) is 14.2. The Balaban J connectivity index is 2.13. The standard InChI is InChI=1S/C31H38FN3O6S/c1-7-27(31(37)33-8-2)34(19-23-9-11-24(32)12-10-23)30(36)20-35(25-16-21(3)15-22(4)17-25)42(38,39)26-13-14-28(40-5)29(18-26)41-6/h9-18,27H,7-8,19-20H2,1-6H3,(H,33,37). The fourth-order valence-corrected chi connectivity index (χ4v) is 6.14. The molecule has 0 heterocycles. The van der Waals surface area contributed by atoms with Gasteiger partial charge in [0.25, 0.3) is 10.0 Å². The number of anilines is 1. The Bertz CT molecular complexity index is 1490. The Morgan fingerprint density at radius 2 is 1.52 bits per heavy atom. The van der Waals surface area contributed by atoms with Crippen molar-refractivity contribution in [3.8, 4) is 11.5 Å². The Labute approximate surface area is 247 Å². The van der Waals surface area contributed by atoms with Crippen LogP contribution in [-0.4, -0.2) is 58.5 Å². The van der Waals surface area contributed by atoms with E-state index in [9.17, 15) is 22.4 Å². The van der Waals surface area contributed by atoms with Gasteiger partial charge in [0.2, 0.25) is 11.8 Å². The van der Waals surface area contributed by atoms with Crippen molar-refractivity contribution in [3.05, 3.63) is 83.2 Å². The lowest BCUT2D eigenvalue weighted by Crippen LogP contribution is -2.52. The molecule has 0 saturated carbocycles. The number of rotatable bonds is 13.